The number of thioether (sulfide) groups is 1. The molecule has 2 aromatic rings. The van der Waals surface area contributed by atoms with Crippen LogP contribution < -0.4 is 5.56 Å². The van der Waals surface area contributed by atoms with E-state index < -0.39 is 0 Å². The Morgan fingerprint density at radius 3 is 2.74 bits per heavy atom. The molecule has 0 radical (unpaired) electrons. The van der Waals surface area contributed by atoms with Gasteiger partial charge >= 0.3 is 0 Å². The summed E-state index contributed by atoms with van der Waals surface area (Å²) in [7, 11) is 0. The van der Waals surface area contributed by atoms with E-state index in [1.165, 1.54) is 27.7 Å². The van der Waals surface area contributed by atoms with Crippen molar-refractivity contribution < 1.29 is 4.79 Å². The Labute approximate surface area is 143 Å². The summed E-state index contributed by atoms with van der Waals surface area (Å²) in [6.07, 6.45) is 3.04. The number of aromatic nitrogens is 2. The summed E-state index contributed by atoms with van der Waals surface area (Å²) in [6.45, 7) is 5.99. The summed E-state index contributed by atoms with van der Waals surface area (Å²) in [5.74, 6) is 1.04. The van der Waals surface area contributed by atoms with Crippen LogP contribution in [0.1, 0.15) is 20.3 Å². The van der Waals surface area contributed by atoms with Crippen LogP contribution in [0, 0.1) is 11.8 Å². The minimum atomic E-state index is -0.110. The van der Waals surface area contributed by atoms with Crippen LogP contribution in [0.15, 0.2) is 21.4 Å². The van der Waals surface area contributed by atoms with Crippen molar-refractivity contribution >= 4 is 39.2 Å². The molecule has 3 heterocycles. The van der Waals surface area contributed by atoms with Gasteiger partial charge in [-0.15, -0.1) is 11.3 Å². The van der Waals surface area contributed by atoms with Crippen LogP contribution in [-0.4, -0.2) is 39.7 Å². The molecule has 0 bridgehead atoms. The number of nitrogens with zero attached hydrogens (tertiary/aromatic N) is 3. The molecule has 0 aliphatic carbocycles. The highest BCUT2D eigenvalue weighted by Gasteiger charge is 2.26. The summed E-state index contributed by atoms with van der Waals surface area (Å²) < 4.78 is 2.14. The van der Waals surface area contributed by atoms with Gasteiger partial charge in [-0.25, -0.2) is 4.98 Å². The number of fused-ring (bicyclic) bond motifs is 1. The minimum Gasteiger partial charge on any atom is -0.341 e. The second-order valence-electron chi connectivity index (χ2n) is 6.37. The smallest absolute Gasteiger partial charge is 0.272 e. The summed E-state index contributed by atoms with van der Waals surface area (Å²) in [4.78, 5) is 31.8. The van der Waals surface area contributed by atoms with Crippen LogP contribution in [-0.2, 0) is 11.3 Å². The average molecular weight is 351 g/mol. The van der Waals surface area contributed by atoms with Gasteiger partial charge in [0.15, 0.2) is 5.16 Å². The van der Waals surface area contributed by atoms with Gasteiger partial charge in [0.2, 0.25) is 5.91 Å². The van der Waals surface area contributed by atoms with E-state index in [0.717, 1.165) is 19.5 Å². The molecule has 2 unspecified atom stereocenters. The second kappa shape index (κ2) is 6.65. The lowest BCUT2D eigenvalue weighted by atomic mass is 9.92. The first kappa shape index (κ1) is 16.5. The maximum Gasteiger partial charge on any atom is 0.272 e. The number of carbonyl (C=O) groups is 1. The zero-order chi connectivity index (χ0) is 16.6. The van der Waals surface area contributed by atoms with E-state index in [2.05, 4.69) is 18.8 Å². The molecule has 1 aliphatic heterocycles. The van der Waals surface area contributed by atoms with Crippen molar-refractivity contribution in [2.75, 3.05) is 19.3 Å². The van der Waals surface area contributed by atoms with Crippen molar-refractivity contribution in [3.63, 3.8) is 0 Å². The van der Waals surface area contributed by atoms with E-state index >= 15 is 0 Å². The Balaban J connectivity index is 1.90. The van der Waals surface area contributed by atoms with Gasteiger partial charge in [-0.3, -0.25) is 14.2 Å². The Bertz CT molecular complexity index is 773. The van der Waals surface area contributed by atoms with Crippen molar-refractivity contribution in [2.24, 2.45) is 11.8 Å². The molecule has 1 fully saturated rings. The van der Waals surface area contributed by atoms with Crippen LogP contribution in [0.2, 0.25) is 0 Å². The molecule has 5 nitrogen and oxygen atoms in total. The molecule has 124 valence electrons. The molecule has 0 saturated carbocycles. The predicted octanol–water partition coefficient (Wildman–Crippen LogP) is 2.68. The van der Waals surface area contributed by atoms with Gasteiger partial charge in [-0.1, -0.05) is 25.6 Å². The molecule has 1 amide bonds. The molecule has 0 N–H and O–H groups in total. The van der Waals surface area contributed by atoms with Gasteiger partial charge < -0.3 is 4.90 Å². The Morgan fingerprint density at radius 1 is 1.39 bits per heavy atom. The number of hydrogen-bond acceptors (Lipinski definition) is 5. The first-order chi connectivity index (χ1) is 11.0. The lowest BCUT2D eigenvalue weighted by molar-refractivity contribution is -0.134. The van der Waals surface area contributed by atoms with Gasteiger partial charge in [0.05, 0.1) is 5.52 Å². The Kier molecular flexibility index (Phi) is 4.77. The van der Waals surface area contributed by atoms with Gasteiger partial charge in [-0.05, 0) is 36.0 Å². The minimum absolute atomic E-state index is 0.0125. The van der Waals surface area contributed by atoms with E-state index in [-0.39, 0.29) is 18.0 Å². The maximum absolute atomic E-state index is 12.7. The maximum atomic E-state index is 12.7. The van der Waals surface area contributed by atoms with E-state index in [0.29, 0.717) is 27.2 Å². The van der Waals surface area contributed by atoms with Crippen molar-refractivity contribution in [2.45, 2.75) is 32.0 Å². The number of carbonyl (C=O) groups excluding carboxylic acids is 1. The average Bonchev–Trinajstić information content (AvgIpc) is 2.97. The summed E-state index contributed by atoms with van der Waals surface area (Å²) in [5, 5.41) is 2.47. The fourth-order valence-corrected chi connectivity index (χ4v) is 4.66. The van der Waals surface area contributed by atoms with E-state index in [9.17, 15) is 9.59 Å². The van der Waals surface area contributed by atoms with Gasteiger partial charge in [0, 0.05) is 13.1 Å². The molecule has 0 spiro atoms. The number of thiophene rings is 1. The van der Waals surface area contributed by atoms with Gasteiger partial charge in [0.25, 0.3) is 5.56 Å². The van der Waals surface area contributed by atoms with Crippen molar-refractivity contribution in [1.29, 1.82) is 0 Å². The Morgan fingerprint density at radius 2 is 2.09 bits per heavy atom. The van der Waals surface area contributed by atoms with E-state index in [1.807, 2.05) is 22.6 Å². The summed E-state index contributed by atoms with van der Waals surface area (Å²) in [6, 6.07) is 1.85. The first-order valence-electron chi connectivity index (χ1n) is 7.79. The largest absolute Gasteiger partial charge is 0.341 e. The summed E-state index contributed by atoms with van der Waals surface area (Å²) in [5.41, 5.74) is 0.606. The molecule has 2 aromatic heterocycles. The standard InChI is InChI=1S/C16H21N3O2S2/c1-10-6-11(2)8-18(7-10)13(20)9-19-15(21)14-12(4-5-23-14)17-16(19)22-3/h4-5,10-11H,6-9H2,1-3H3. The van der Waals surface area contributed by atoms with Crippen molar-refractivity contribution in [1.82, 2.24) is 14.5 Å². The quantitative estimate of drug-likeness (QED) is 0.630. The van der Waals surface area contributed by atoms with E-state index in [4.69, 9.17) is 0 Å². The van der Waals surface area contributed by atoms with Gasteiger partial charge in [0.1, 0.15) is 11.2 Å². The van der Waals surface area contributed by atoms with Crippen LogP contribution in [0.4, 0.5) is 0 Å². The SMILES string of the molecule is CSc1nc2ccsc2c(=O)n1CC(=O)N1CC(C)CC(C)C1. The number of hydrogen-bond donors (Lipinski definition) is 0. The molecule has 1 saturated heterocycles. The third-order valence-electron chi connectivity index (χ3n) is 4.23. The highest BCUT2D eigenvalue weighted by Crippen LogP contribution is 2.22. The normalized spacial score (nSPS) is 21.8. The molecule has 2 atom stereocenters. The van der Waals surface area contributed by atoms with Crippen LogP contribution in [0.25, 0.3) is 10.2 Å². The monoisotopic (exact) mass is 351 g/mol. The predicted molar refractivity (Wildman–Crippen MR) is 95.2 cm³/mol. The van der Waals surface area contributed by atoms with Crippen molar-refractivity contribution in [3.8, 4) is 0 Å². The highest BCUT2D eigenvalue weighted by molar-refractivity contribution is 7.98. The number of rotatable bonds is 3. The third-order valence-corrected chi connectivity index (χ3v) is 5.80. The second-order valence-corrected chi connectivity index (χ2v) is 8.06. The van der Waals surface area contributed by atoms with Crippen LogP contribution in [0.5, 0.6) is 0 Å². The molecular weight excluding hydrogens is 330 g/mol. The molecule has 3 rings (SSSR count). The number of piperidine rings is 1. The summed E-state index contributed by atoms with van der Waals surface area (Å²) >= 11 is 2.78. The third kappa shape index (κ3) is 3.30. The first-order valence-corrected chi connectivity index (χ1v) is 9.89. The van der Waals surface area contributed by atoms with E-state index in [1.54, 1.807) is 0 Å². The van der Waals surface area contributed by atoms with Crippen LogP contribution in [0.3, 0.4) is 0 Å². The molecule has 1 aliphatic rings. The van der Waals surface area contributed by atoms with Crippen LogP contribution >= 0.6 is 23.1 Å². The van der Waals surface area contributed by atoms with Gasteiger partial charge in [-0.2, -0.15) is 0 Å². The molecule has 23 heavy (non-hydrogen) atoms. The zero-order valence-corrected chi connectivity index (χ0v) is 15.2. The number of amides is 1. The Hall–Kier alpha value is -1.34. The molecule has 0 aromatic carbocycles. The fraction of sp³-hybridized carbons (Fsp3) is 0.562. The molecule has 7 heteroatoms. The lowest BCUT2D eigenvalue weighted by Crippen LogP contribution is -2.45. The van der Waals surface area contributed by atoms with Crippen molar-refractivity contribution in [3.05, 3.63) is 21.8 Å². The fourth-order valence-electron chi connectivity index (χ4n) is 3.32. The lowest BCUT2D eigenvalue weighted by Gasteiger charge is -2.35. The highest BCUT2D eigenvalue weighted by atomic mass is 32.2. The number of likely N-dealkylation sites (tertiary alicyclic amines) is 1. The zero-order valence-electron chi connectivity index (χ0n) is 13.6. The topological polar surface area (TPSA) is 55.2 Å². The molecular formula is C16H21N3O2S2.